The van der Waals surface area contributed by atoms with E-state index in [1.807, 2.05) is 39.0 Å². The summed E-state index contributed by atoms with van der Waals surface area (Å²) in [4.78, 5) is 15.7. The highest BCUT2D eigenvalue weighted by atomic mass is 16.6. The van der Waals surface area contributed by atoms with E-state index < -0.39 is 11.7 Å². The molecule has 1 atom stereocenters. The van der Waals surface area contributed by atoms with Crippen LogP contribution in [0, 0.1) is 0 Å². The van der Waals surface area contributed by atoms with Gasteiger partial charge in [0.15, 0.2) is 0 Å². The van der Waals surface area contributed by atoms with Gasteiger partial charge in [-0.2, -0.15) is 0 Å². The number of nitrogens with two attached hydrogens (primary N) is 1. The molecule has 1 rings (SSSR count). The van der Waals surface area contributed by atoms with Crippen LogP contribution in [-0.4, -0.2) is 29.8 Å². The number of ether oxygens (including phenoxy) is 1. The van der Waals surface area contributed by atoms with Crippen LogP contribution in [0.1, 0.15) is 32.4 Å². The highest BCUT2D eigenvalue weighted by Gasteiger charge is 2.18. The van der Waals surface area contributed by atoms with Gasteiger partial charge in [-0.05, 0) is 32.9 Å². The molecule has 0 aliphatic carbocycles. The summed E-state index contributed by atoms with van der Waals surface area (Å²) in [6, 6.07) is 5.64. The molecule has 5 nitrogen and oxygen atoms in total. The molecule has 0 bridgehead atoms. The second kappa shape index (κ2) is 6.35. The Morgan fingerprint density at radius 1 is 1.50 bits per heavy atom. The summed E-state index contributed by atoms with van der Waals surface area (Å²) < 4.78 is 5.16. The van der Waals surface area contributed by atoms with Crippen LogP contribution in [-0.2, 0) is 4.74 Å². The zero-order valence-electron chi connectivity index (χ0n) is 11.1. The normalized spacial score (nSPS) is 12.9. The second-order valence-corrected chi connectivity index (χ2v) is 5.07. The van der Waals surface area contributed by atoms with Crippen molar-refractivity contribution in [2.24, 2.45) is 5.73 Å². The lowest BCUT2D eigenvalue weighted by molar-refractivity contribution is 0.0524. The van der Waals surface area contributed by atoms with Crippen LogP contribution in [0.2, 0.25) is 0 Å². The summed E-state index contributed by atoms with van der Waals surface area (Å²) >= 11 is 0. The third-order valence-corrected chi connectivity index (χ3v) is 2.28. The number of alkyl carbamates (subject to hydrolysis) is 1. The number of nitrogens with zero attached hydrogens (tertiary/aromatic N) is 1. The minimum atomic E-state index is -0.493. The maximum Gasteiger partial charge on any atom is 0.407 e. The van der Waals surface area contributed by atoms with Crippen LogP contribution in [0.25, 0.3) is 0 Å². The van der Waals surface area contributed by atoms with Gasteiger partial charge >= 0.3 is 6.09 Å². The van der Waals surface area contributed by atoms with Crippen LogP contribution < -0.4 is 11.1 Å². The Bertz CT molecular complexity index is 374. The van der Waals surface area contributed by atoms with Crippen molar-refractivity contribution in [1.82, 2.24) is 10.3 Å². The van der Waals surface area contributed by atoms with E-state index in [4.69, 9.17) is 10.5 Å². The third kappa shape index (κ3) is 5.14. The van der Waals surface area contributed by atoms with Crippen LogP contribution in [0.15, 0.2) is 24.4 Å². The predicted octanol–water partition coefficient (Wildman–Crippen LogP) is 1.65. The average Bonchev–Trinajstić information content (AvgIpc) is 2.29. The van der Waals surface area contributed by atoms with Gasteiger partial charge in [0.1, 0.15) is 5.60 Å². The fourth-order valence-corrected chi connectivity index (χ4v) is 1.45. The van der Waals surface area contributed by atoms with Crippen molar-refractivity contribution in [3.05, 3.63) is 30.1 Å². The molecule has 1 amide bonds. The summed E-state index contributed by atoms with van der Waals surface area (Å²) in [5.41, 5.74) is 6.06. The summed E-state index contributed by atoms with van der Waals surface area (Å²) in [6.45, 7) is 6.32. The Balaban J connectivity index is 2.48. The zero-order valence-corrected chi connectivity index (χ0v) is 11.1. The lowest BCUT2D eigenvalue weighted by atomic mass is 10.1. The maximum absolute atomic E-state index is 11.5. The summed E-state index contributed by atoms with van der Waals surface area (Å²) in [6.07, 6.45) is 1.28. The molecule has 100 valence electrons. The van der Waals surface area contributed by atoms with Crippen LogP contribution >= 0.6 is 0 Å². The molecule has 0 fully saturated rings. The van der Waals surface area contributed by atoms with Crippen molar-refractivity contribution in [1.29, 1.82) is 0 Å². The minimum absolute atomic E-state index is 0.00119. The van der Waals surface area contributed by atoms with E-state index in [9.17, 15) is 4.79 Å². The highest BCUT2D eigenvalue weighted by Crippen LogP contribution is 2.11. The van der Waals surface area contributed by atoms with Crippen molar-refractivity contribution in [2.75, 3.05) is 13.1 Å². The van der Waals surface area contributed by atoms with E-state index in [0.29, 0.717) is 13.1 Å². The Morgan fingerprint density at radius 2 is 2.22 bits per heavy atom. The van der Waals surface area contributed by atoms with Gasteiger partial charge in [0, 0.05) is 30.9 Å². The van der Waals surface area contributed by atoms with E-state index in [2.05, 4.69) is 10.3 Å². The number of rotatable bonds is 4. The molecule has 0 saturated carbocycles. The van der Waals surface area contributed by atoms with E-state index in [0.717, 1.165) is 5.69 Å². The molecular formula is C13H21N3O2. The second-order valence-electron chi connectivity index (χ2n) is 5.07. The Morgan fingerprint density at radius 3 is 2.72 bits per heavy atom. The maximum atomic E-state index is 11.5. The van der Waals surface area contributed by atoms with Gasteiger partial charge < -0.3 is 15.8 Å². The average molecular weight is 251 g/mol. The third-order valence-electron chi connectivity index (χ3n) is 2.28. The first-order valence-corrected chi connectivity index (χ1v) is 6.00. The fraction of sp³-hybridized carbons (Fsp3) is 0.538. The largest absolute Gasteiger partial charge is 0.444 e. The number of pyridine rings is 1. The van der Waals surface area contributed by atoms with Gasteiger partial charge in [-0.3, -0.25) is 4.98 Å². The molecule has 1 heterocycles. The molecule has 0 aromatic carbocycles. The fourth-order valence-electron chi connectivity index (χ4n) is 1.45. The predicted molar refractivity (Wildman–Crippen MR) is 70.3 cm³/mol. The first-order valence-electron chi connectivity index (χ1n) is 6.00. The standard InChI is InChI=1S/C13H21N3O2/c1-13(2,3)18-12(17)16-9-10(8-14)11-6-4-5-7-15-11/h4-7,10H,8-9,14H2,1-3H3,(H,16,17). The molecule has 1 aromatic heterocycles. The van der Waals surface area contributed by atoms with Crippen molar-refractivity contribution in [3.8, 4) is 0 Å². The smallest absolute Gasteiger partial charge is 0.407 e. The number of hydrogen-bond donors (Lipinski definition) is 2. The van der Waals surface area contributed by atoms with Crippen molar-refractivity contribution in [2.45, 2.75) is 32.3 Å². The van der Waals surface area contributed by atoms with Crippen LogP contribution in [0.3, 0.4) is 0 Å². The first-order chi connectivity index (χ1) is 8.42. The molecule has 0 spiro atoms. The van der Waals surface area contributed by atoms with Crippen molar-refractivity contribution < 1.29 is 9.53 Å². The van der Waals surface area contributed by atoms with Gasteiger partial charge in [0.25, 0.3) is 0 Å². The Hall–Kier alpha value is -1.62. The van der Waals surface area contributed by atoms with Crippen LogP contribution in [0.5, 0.6) is 0 Å². The highest BCUT2D eigenvalue weighted by molar-refractivity contribution is 5.67. The molecular weight excluding hydrogens is 230 g/mol. The monoisotopic (exact) mass is 251 g/mol. The lowest BCUT2D eigenvalue weighted by Gasteiger charge is -2.21. The van der Waals surface area contributed by atoms with Gasteiger partial charge in [0.05, 0.1) is 0 Å². The summed E-state index contributed by atoms with van der Waals surface area (Å²) in [5, 5.41) is 2.71. The molecule has 3 N–H and O–H groups in total. The number of aromatic nitrogens is 1. The van der Waals surface area contributed by atoms with E-state index in [-0.39, 0.29) is 5.92 Å². The molecule has 0 aliphatic rings. The van der Waals surface area contributed by atoms with E-state index >= 15 is 0 Å². The minimum Gasteiger partial charge on any atom is -0.444 e. The summed E-state index contributed by atoms with van der Waals surface area (Å²) in [5.74, 6) is -0.00119. The van der Waals surface area contributed by atoms with E-state index in [1.54, 1.807) is 6.20 Å². The molecule has 5 heteroatoms. The quantitative estimate of drug-likeness (QED) is 0.853. The van der Waals surface area contributed by atoms with Gasteiger partial charge in [-0.15, -0.1) is 0 Å². The van der Waals surface area contributed by atoms with Crippen molar-refractivity contribution >= 4 is 6.09 Å². The molecule has 1 unspecified atom stereocenters. The number of nitrogens with one attached hydrogen (secondary N) is 1. The molecule has 0 radical (unpaired) electrons. The summed E-state index contributed by atoms with van der Waals surface area (Å²) in [7, 11) is 0. The number of carbonyl (C=O) groups excluding carboxylic acids is 1. The number of amides is 1. The topological polar surface area (TPSA) is 77.2 Å². The van der Waals surface area contributed by atoms with Gasteiger partial charge in [-0.1, -0.05) is 6.07 Å². The molecule has 0 aliphatic heterocycles. The molecule has 1 aromatic rings. The van der Waals surface area contributed by atoms with Crippen LogP contribution in [0.4, 0.5) is 4.79 Å². The first kappa shape index (κ1) is 14.4. The zero-order chi connectivity index (χ0) is 13.6. The SMILES string of the molecule is CC(C)(C)OC(=O)NCC(CN)c1ccccn1. The van der Waals surface area contributed by atoms with Crippen molar-refractivity contribution in [3.63, 3.8) is 0 Å². The van der Waals surface area contributed by atoms with Gasteiger partial charge in [-0.25, -0.2) is 4.79 Å². The van der Waals surface area contributed by atoms with E-state index in [1.165, 1.54) is 0 Å². The Labute approximate surface area is 108 Å². The number of hydrogen-bond acceptors (Lipinski definition) is 4. The lowest BCUT2D eigenvalue weighted by Crippen LogP contribution is -2.36. The molecule has 0 saturated heterocycles. The van der Waals surface area contributed by atoms with Gasteiger partial charge in [0.2, 0.25) is 0 Å². The Kier molecular flexibility index (Phi) is 5.09. The number of carbonyl (C=O) groups is 1. The molecule has 18 heavy (non-hydrogen) atoms.